The van der Waals surface area contributed by atoms with E-state index in [2.05, 4.69) is 17.1 Å². The Morgan fingerprint density at radius 1 is 1.03 bits per heavy atom. The number of ether oxygens (including phenoxy) is 1. The highest BCUT2D eigenvalue weighted by molar-refractivity contribution is 6.40. The molecule has 4 aromatic rings. The number of fused-ring (bicyclic) bond motifs is 1. The predicted molar refractivity (Wildman–Crippen MR) is 137 cm³/mol. The molecule has 0 bridgehead atoms. The molecule has 0 unspecified atom stereocenters. The minimum absolute atomic E-state index is 0.00000173. The number of aromatic nitrogens is 2. The number of aliphatic hydroxyl groups is 1. The molecule has 190 valence electrons. The van der Waals surface area contributed by atoms with E-state index in [1.165, 1.54) is 0 Å². The summed E-state index contributed by atoms with van der Waals surface area (Å²) in [6, 6.07) is 7.62. The third kappa shape index (κ3) is 4.92. The quantitative estimate of drug-likeness (QED) is 0.243. The molecule has 0 spiro atoms. The van der Waals surface area contributed by atoms with Crippen molar-refractivity contribution >= 4 is 34.0 Å². The molecule has 0 aliphatic rings. The lowest BCUT2D eigenvalue weighted by Crippen LogP contribution is -2.10. The predicted octanol–water partition coefficient (Wildman–Crippen LogP) is 7.64. The van der Waals surface area contributed by atoms with Crippen LogP contribution in [0, 0.1) is 0 Å². The van der Waals surface area contributed by atoms with Gasteiger partial charge in [-0.3, -0.25) is 5.10 Å². The van der Waals surface area contributed by atoms with Gasteiger partial charge >= 0.3 is 6.18 Å². The molecular formula is C27H25Cl2F3N2O2. The highest BCUT2D eigenvalue weighted by Gasteiger charge is 2.33. The SMILES string of the molecule is CCc1c(OCCO)c(-c2c(Cl)cc(C(F)(F)F)cc2Cl)c2cccc(CC)c2c1Cc1cn[nH]c1. The molecule has 0 aliphatic carbocycles. The topological polar surface area (TPSA) is 58.1 Å². The third-order valence-electron chi connectivity index (χ3n) is 6.21. The summed E-state index contributed by atoms with van der Waals surface area (Å²) in [6.45, 7) is 3.80. The Balaban J connectivity index is 2.15. The number of hydrogen-bond acceptors (Lipinski definition) is 3. The Morgan fingerprint density at radius 3 is 2.31 bits per heavy atom. The summed E-state index contributed by atoms with van der Waals surface area (Å²) in [5, 5.41) is 17.9. The van der Waals surface area contributed by atoms with Gasteiger partial charge in [0.15, 0.2) is 0 Å². The monoisotopic (exact) mass is 536 g/mol. The van der Waals surface area contributed by atoms with E-state index in [-0.39, 0.29) is 28.8 Å². The van der Waals surface area contributed by atoms with Crippen molar-refractivity contribution in [2.75, 3.05) is 13.2 Å². The average molecular weight is 537 g/mol. The van der Waals surface area contributed by atoms with Gasteiger partial charge in [0.05, 0.1) is 28.4 Å². The maximum atomic E-state index is 13.5. The van der Waals surface area contributed by atoms with Crippen molar-refractivity contribution in [1.82, 2.24) is 10.2 Å². The zero-order valence-corrected chi connectivity index (χ0v) is 21.3. The van der Waals surface area contributed by atoms with Gasteiger partial charge in [0.2, 0.25) is 0 Å². The van der Waals surface area contributed by atoms with E-state index in [4.69, 9.17) is 27.9 Å². The molecule has 0 radical (unpaired) electrons. The highest BCUT2D eigenvalue weighted by atomic mass is 35.5. The van der Waals surface area contributed by atoms with Crippen LogP contribution in [0.5, 0.6) is 5.75 Å². The van der Waals surface area contributed by atoms with Crippen LogP contribution in [0.1, 0.15) is 41.7 Å². The zero-order chi connectivity index (χ0) is 26.0. The van der Waals surface area contributed by atoms with E-state index < -0.39 is 11.7 Å². The smallest absolute Gasteiger partial charge is 0.416 e. The molecular weight excluding hydrogens is 512 g/mol. The van der Waals surface area contributed by atoms with Crippen LogP contribution in [0.3, 0.4) is 0 Å². The summed E-state index contributed by atoms with van der Waals surface area (Å²) in [5.74, 6) is 0.453. The Labute approximate surface area is 217 Å². The van der Waals surface area contributed by atoms with Crippen molar-refractivity contribution in [3.05, 3.63) is 80.6 Å². The third-order valence-corrected chi connectivity index (χ3v) is 6.81. The Morgan fingerprint density at radius 2 is 1.75 bits per heavy atom. The normalized spacial score (nSPS) is 11.9. The van der Waals surface area contributed by atoms with Crippen LogP contribution in [-0.4, -0.2) is 28.5 Å². The molecule has 1 aromatic heterocycles. The second-order valence-electron chi connectivity index (χ2n) is 8.38. The molecule has 0 atom stereocenters. The number of hydrogen-bond donors (Lipinski definition) is 2. The summed E-state index contributed by atoms with van der Waals surface area (Å²) in [5.41, 5.74) is 3.82. The first-order valence-electron chi connectivity index (χ1n) is 11.6. The minimum Gasteiger partial charge on any atom is -0.490 e. The van der Waals surface area contributed by atoms with Crippen molar-refractivity contribution in [3.8, 4) is 16.9 Å². The second kappa shape index (κ2) is 10.7. The van der Waals surface area contributed by atoms with Gasteiger partial charge in [-0.2, -0.15) is 18.3 Å². The van der Waals surface area contributed by atoms with Gasteiger partial charge in [0.25, 0.3) is 0 Å². The van der Waals surface area contributed by atoms with Crippen LogP contribution in [0.25, 0.3) is 21.9 Å². The van der Waals surface area contributed by atoms with Crippen molar-refractivity contribution in [2.45, 2.75) is 39.3 Å². The van der Waals surface area contributed by atoms with Gasteiger partial charge in [0.1, 0.15) is 12.4 Å². The van der Waals surface area contributed by atoms with Gasteiger partial charge in [-0.05, 0) is 58.0 Å². The standard InChI is InChI=1S/C27H25Cl2F3N2O2/c1-3-16-6-5-7-19-23(16)20(10-15-13-33-34-14-15)18(4-2)26(36-9-8-35)24(19)25-21(28)11-17(12-22(25)29)27(30,31)32/h5-7,11-14,35H,3-4,8-10H2,1-2H3,(H,33,34). The van der Waals surface area contributed by atoms with Gasteiger partial charge in [-0.25, -0.2) is 0 Å². The molecule has 0 aliphatic heterocycles. The zero-order valence-electron chi connectivity index (χ0n) is 19.8. The first kappa shape index (κ1) is 26.3. The van der Waals surface area contributed by atoms with Gasteiger partial charge in [-0.1, -0.05) is 55.2 Å². The van der Waals surface area contributed by atoms with Crippen molar-refractivity contribution < 1.29 is 23.0 Å². The Hall–Kier alpha value is -2.74. The lowest BCUT2D eigenvalue weighted by atomic mass is 9.84. The molecule has 4 nitrogen and oxygen atoms in total. The summed E-state index contributed by atoms with van der Waals surface area (Å²) >= 11 is 13.0. The molecule has 4 rings (SSSR count). The van der Waals surface area contributed by atoms with Gasteiger partial charge < -0.3 is 9.84 Å². The molecule has 3 aromatic carbocycles. The van der Waals surface area contributed by atoms with Gasteiger partial charge in [-0.15, -0.1) is 0 Å². The highest BCUT2D eigenvalue weighted by Crippen LogP contribution is 2.50. The number of alkyl halides is 3. The number of aliphatic hydroxyl groups excluding tert-OH is 1. The van der Waals surface area contributed by atoms with Crippen LogP contribution in [0.4, 0.5) is 13.2 Å². The van der Waals surface area contributed by atoms with Crippen molar-refractivity contribution in [3.63, 3.8) is 0 Å². The van der Waals surface area contributed by atoms with E-state index in [1.54, 1.807) is 6.20 Å². The number of nitrogens with zero attached hydrogens (tertiary/aromatic N) is 1. The molecule has 36 heavy (non-hydrogen) atoms. The number of aromatic amines is 1. The van der Waals surface area contributed by atoms with E-state index in [1.807, 2.05) is 31.3 Å². The number of halogens is 5. The van der Waals surface area contributed by atoms with Crippen LogP contribution < -0.4 is 4.74 Å². The molecule has 1 heterocycles. The maximum Gasteiger partial charge on any atom is 0.416 e. The molecule has 0 saturated heterocycles. The summed E-state index contributed by atoms with van der Waals surface area (Å²) < 4.78 is 46.5. The van der Waals surface area contributed by atoms with Crippen LogP contribution >= 0.6 is 23.2 Å². The molecule has 0 fully saturated rings. The summed E-state index contributed by atoms with van der Waals surface area (Å²) in [7, 11) is 0. The summed E-state index contributed by atoms with van der Waals surface area (Å²) in [4.78, 5) is 0. The van der Waals surface area contributed by atoms with E-state index in [0.717, 1.165) is 51.6 Å². The van der Waals surface area contributed by atoms with Crippen LogP contribution in [-0.2, 0) is 25.4 Å². The van der Waals surface area contributed by atoms with E-state index in [0.29, 0.717) is 24.2 Å². The minimum atomic E-state index is -4.59. The fraction of sp³-hybridized carbons (Fsp3) is 0.296. The number of benzene rings is 3. The van der Waals surface area contributed by atoms with E-state index >= 15 is 0 Å². The molecule has 9 heteroatoms. The second-order valence-corrected chi connectivity index (χ2v) is 9.19. The number of nitrogens with one attached hydrogen (secondary N) is 1. The molecule has 0 saturated carbocycles. The lowest BCUT2D eigenvalue weighted by molar-refractivity contribution is -0.137. The fourth-order valence-electron chi connectivity index (χ4n) is 4.70. The Kier molecular flexibility index (Phi) is 7.83. The number of rotatable bonds is 8. The molecule has 0 amide bonds. The summed E-state index contributed by atoms with van der Waals surface area (Å²) in [6.07, 6.45) is 0.867. The Bertz CT molecular complexity index is 1360. The van der Waals surface area contributed by atoms with Gasteiger partial charge in [0, 0.05) is 23.7 Å². The van der Waals surface area contributed by atoms with Crippen LogP contribution in [0.2, 0.25) is 10.0 Å². The first-order valence-corrected chi connectivity index (χ1v) is 12.3. The van der Waals surface area contributed by atoms with E-state index in [9.17, 15) is 18.3 Å². The number of aryl methyl sites for hydroxylation is 1. The van der Waals surface area contributed by atoms with Crippen LogP contribution in [0.15, 0.2) is 42.7 Å². The number of H-pyrrole nitrogens is 1. The molecule has 2 N–H and O–H groups in total. The van der Waals surface area contributed by atoms with Crippen molar-refractivity contribution in [1.29, 1.82) is 0 Å². The van der Waals surface area contributed by atoms with Crippen molar-refractivity contribution in [2.24, 2.45) is 0 Å². The fourth-order valence-corrected chi connectivity index (χ4v) is 5.37. The lowest BCUT2D eigenvalue weighted by Gasteiger charge is -2.25. The average Bonchev–Trinajstić information content (AvgIpc) is 3.35. The first-order chi connectivity index (χ1) is 17.2. The largest absolute Gasteiger partial charge is 0.490 e. The maximum absolute atomic E-state index is 13.5.